The lowest BCUT2D eigenvalue weighted by Gasteiger charge is -2.08. The molecule has 0 saturated heterocycles. The molecule has 4 aromatic carbocycles. The van der Waals surface area contributed by atoms with Gasteiger partial charge in [0.25, 0.3) is 11.6 Å². The number of nitro benzene ring substituents is 1. The molecule has 0 unspecified atom stereocenters. The molecule has 0 spiro atoms. The number of anilines is 1. The highest BCUT2D eigenvalue weighted by atomic mass is 16.6. The second-order valence-electron chi connectivity index (χ2n) is 7.47. The molecule has 162 valence electrons. The van der Waals surface area contributed by atoms with Crippen LogP contribution in [-0.2, 0) is 6.61 Å². The maximum atomic E-state index is 13.0. The van der Waals surface area contributed by atoms with Gasteiger partial charge in [0, 0.05) is 23.1 Å². The average Bonchev–Trinajstić information content (AvgIpc) is 3.24. The van der Waals surface area contributed by atoms with Crippen molar-refractivity contribution in [3.8, 4) is 5.75 Å². The lowest BCUT2D eigenvalue weighted by molar-refractivity contribution is -0.384. The average molecular weight is 438 g/mol. The van der Waals surface area contributed by atoms with Crippen molar-refractivity contribution in [2.45, 2.75) is 6.61 Å². The Morgan fingerprint density at radius 3 is 2.58 bits per heavy atom. The highest BCUT2D eigenvalue weighted by molar-refractivity contribution is 6.14. The molecule has 0 aliphatic heterocycles. The molecule has 0 saturated carbocycles. The van der Waals surface area contributed by atoms with Crippen molar-refractivity contribution >= 4 is 39.1 Å². The topological polar surface area (TPSA) is 110 Å². The van der Waals surface area contributed by atoms with Crippen LogP contribution in [0.3, 0.4) is 0 Å². The number of H-pyrrole nitrogens is 1. The SMILES string of the molecule is O=C(Nc1n[nH]c2ccc(OCc3ccc([N+](=O)[O-])cc3)cc12)c1cccc2ccccc12. The quantitative estimate of drug-likeness (QED) is 0.270. The van der Waals surface area contributed by atoms with E-state index in [-0.39, 0.29) is 18.2 Å². The van der Waals surface area contributed by atoms with Crippen LogP contribution in [0.4, 0.5) is 11.5 Å². The molecule has 1 amide bonds. The zero-order valence-electron chi connectivity index (χ0n) is 17.3. The molecule has 8 heteroatoms. The van der Waals surface area contributed by atoms with E-state index in [0.717, 1.165) is 21.9 Å². The van der Waals surface area contributed by atoms with E-state index in [1.165, 1.54) is 12.1 Å². The highest BCUT2D eigenvalue weighted by Gasteiger charge is 2.14. The van der Waals surface area contributed by atoms with Crippen molar-refractivity contribution in [1.29, 1.82) is 0 Å². The van der Waals surface area contributed by atoms with Gasteiger partial charge in [0.05, 0.1) is 10.4 Å². The maximum absolute atomic E-state index is 13.0. The number of nitrogens with zero attached hydrogens (tertiary/aromatic N) is 2. The maximum Gasteiger partial charge on any atom is 0.269 e. The van der Waals surface area contributed by atoms with Gasteiger partial charge in [0.15, 0.2) is 5.82 Å². The fraction of sp³-hybridized carbons (Fsp3) is 0.0400. The first-order valence-electron chi connectivity index (χ1n) is 10.2. The number of fused-ring (bicyclic) bond motifs is 2. The molecule has 0 aliphatic carbocycles. The third kappa shape index (κ3) is 4.09. The monoisotopic (exact) mass is 438 g/mol. The number of carbonyl (C=O) groups is 1. The molecule has 0 fully saturated rings. The highest BCUT2D eigenvalue weighted by Crippen LogP contribution is 2.27. The van der Waals surface area contributed by atoms with Crippen LogP contribution >= 0.6 is 0 Å². The molecule has 33 heavy (non-hydrogen) atoms. The van der Waals surface area contributed by atoms with Crippen molar-refractivity contribution in [3.63, 3.8) is 0 Å². The second kappa shape index (κ2) is 8.43. The van der Waals surface area contributed by atoms with Gasteiger partial charge in [-0.3, -0.25) is 20.0 Å². The number of ether oxygens (including phenoxy) is 1. The zero-order valence-corrected chi connectivity index (χ0v) is 17.3. The van der Waals surface area contributed by atoms with Gasteiger partial charge >= 0.3 is 0 Å². The summed E-state index contributed by atoms with van der Waals surface area (Å²) in [4.78, 5) is 23.3. The van der Waals surface area contributed by atoms with Crippen LogP contribution in [0.5, 0.6) is 5.75 Å². The van der Waals surface area contributed by atoms with E-state index in [4.69, 9.17) is 4.74 Å². The Morgan fingerprint density at radius 2 is 1.76 bits per heavy atom. The second-order valence-corrected chi connectivity index (χ2v) is 7.47. The minimum atomic E-state index is -0.439. The van der Waals surface area contributed by atoms with E-state index in [2.05, 4.69) is 15.5 Å². The van der Waals surface area contributed by atoms with Gasteiger partial charge in [0.2, 0.25) is 0 Å². The van der Waals surface area contributed by atoms with Crippen LogP contribution in [0.1, 0.15) is 15.9 Å². The minimum Gasteiger partial charge on any atom is -0.489 e. The number of nitrogens with one attached hydrogen (secondary N) is 2. The molecular formula is C25H18N4O4. The zero-order chi connectivity index (χ0) is 22.8. The molecular weight excluding hydrogens is 420 g/mol. The number of aromatic nitrogens is 2. The summed E-state index contributed by atoms with van der Waals surface area (Å²) in [6.45, 7) is 0.249. The number of hydrogen-bond donors (Lipinski definition) is 2. The predicted molar refractivity (Wildman–Crippen MR) is 125 cm³/mol. The summed E-state index contributed by atoms with van der Waals surface area (Å²) < 4.78 is 5.85. The number of aromatic amines is 1. The number of nitro groups is 1. The van der Waals surface area contributed by atoms with Gasteiger partial charge in [-0.25, -0.2) is 0 Å². The molecule has 0 radical (unpaired) electrons. The molecule has 0 aliphatic rings. The van der Waals surface area contributed by atoms with Gasteiger partial charge in [-0.1, -0.05) is 36.4 Å². The lowest BCUT2D eigenvalue weighted by Crippen LogP contribution is -2.12. The van der Waals surface area contributed by atoms with Crippen LogP contribution < -0.4 is 10.1 Å². The normalized spacial score (nSPS) is 10.9. The Kier molecular flexibility index (Phi) is 5.16. The van der Waals surface area contributed by atoms with Crippen LogP contribution in [0.15, 0.2) is 84.9 Å². The van der Waals surface area contributed by atoms with Crippen molar-refractivity contribution < 1.29 is 14.5 Å². The smallest absolute Gasteiger partial charge is 0.269 e. The Bertz CT molecular complexity index is 1490. The molecule has 5 aromatic rings. The van der Waals surface area contributed by atoms with E-state index in [0.29, 0.717) is 22.5 Å². The van der Waals surface area contributed by atoms with Gasteiger partial charge < -0.3 is 10.1 Å². The lowest BCUT2D eigenvalue weighted by atomic mass is 10.0. The van der Waals surface area contributed by atoms with Gasteiger partial charge in [-0.2, -0.15) is 5.10 Å². The Balaban J connectivity index is 1.36. The first kappa shape index (κ1) is 20.2. The molecule has 8 nitrogen and oxygen atoms in total. The minimum absolute atomic E-state index is 0.0325. The third-order valence-electron chi connectivity index (χ3n) is 5.35. The summed E-state index contributed by atoms with van der Waals surface area (Å²) in [5, 5.41) is 23.4. The van der Waals surface area contributed by atoms with Gasteiger partial charge in [-0.15, -0.1) is 0 Å². The number of rotatable bonds is 6. The summed E-state index contributed by atoms with van der Waals surface area (Å²) in [6.07, 6.45) is 0. The van der Waals surface area contributed by atoms with Crippen LogP contribution in [0.2, 0.25) is 0 Å². The summed E-state index contributed by atoms with van der Waals surface area (Å²) in [5.74, 6) is 0.740. The number of carbonyl (C=O) groups excluding carboxylic acids is 1. The molecule has 0 atom stereocenters. The Hall–Kier alpha value is -4.72. The third-order valence-corrected chi connectivity index (χ3v) is 5.35. The predicted octanol–water partition coefficient (Wildman–Crippen LogP) is 5.46. The van der Waals surface area contributed by atoms with E-state index >= 15 is 0 Å². The van der Waals surface area contributed by atoms with E-state index < -0.39 is 4.92 Å². The van der Waals surface area contributed by atoms with Crippen LogP contribution in [-0.4, -0.2) is 21.0 Å². The standard InChI is InChI=1S/C25H18N4O4/c30-25(21-7-3-5-17-4-1-2-6-20(17)21)26-24-22-14-19(12-13-23(22)27-28-24)33-15-16-8-10-18(11-9-16)29(31)32/h1-14H,15H2,(H2,26,27,28,30). The molecule has 1 heterocycles. The Morgan fingerprint density at radius 1 is 0.970 bits per heavy atom. The van der Waals surface area contributed by atoms with Gasteiger partial charge in [-0.05, 0) is 52.7 Å². The first-order valence-corrected chi connectivity index (χ1v) is 10.2. The Labute approximate surface area is 188 Å². The fourth-order valence-corrected chi connectivity index (χ4v) is 3.66. The molecule has 5 rings (SSSR count). The summed E-state index contributed by atoms with van der Waals surface area (Å²) in [7, 11) is 0. The van der Waals surface area contributed by atoms with Crippen LogP contribution in [0, 0.1) is 10.1 Å². The number of amides is 1. The van der Waals surface area contributed by atoms with Crippen molar-refractivity contribution in [2.24, 2.45) is 0 Å². The summed E-state index contributed by atoms with van der Waals surface area (Å²) >= 11 is 0. The fourth-order valence-electron chi connectivity index (χ4n) is 3.66. The van der Waals surface area contributed by atoms with E-state index in [9.17, 15) is 14.9 Å². The molecule has 0 bridgehead atoms. The van der Waals surface area contributed by atoms with Crippen molar-refractivity contribution in [2.75, 3.05) is 5.32 Å². The van der Waals surface area contributed by atoms with Crippen molar-refractivity contribution in [1.82, 2.24) is 10.2 Å². The first-order chi connectivity index (χ1) is 16.1. The summed E-state index contributed by atoms with van der Waals surface area (Å²) in [5.41, 5.74) is 2.16. The molecule has 2 N–H and O–H groups in total. The van der Waals surface area contributed by atoms with Crippen LogP contribution in [0.25, 0.3) is 21.7 Å². The van der Waals surface area contributed by atoms with Gasteiger partial charge in [0.1, 0.15) is 12.4 Å². The number of hydrogen-bond acceptors (Lipinski definition) is 5. The number of non-ortho nitro benzene ring substituents is 1. The number of benzene rings is 4. The van der Waals surface area contributed by atoms with E-state index in [1.807, 2.05) is 42.5 Å². The molecule has 1 aromatic heterocycles. The van der Waals surface area contributed by atoms with Crippen molar-refractivity contribution in [3.05, 3.63) is 106 Å². The van der Waals surface area contributed by atoms with E-state index in [1.54, 1.807) is 30.3 Å². The largest absolute Gasteiger partial charge is 0.489 e. The summed E-state index contributed by atoms with van der Waals surface area (Å²) in [6, 6.07) is 24.9.